The van der Waals surface area contributed by atoms with Crippen LogP contribution in [-0.4, -0.2) is 15.0 Å². The van der Waals surface area contributed by atoms with Gasteiger partial charge in [-0.15, -0.1) is 0 Å². The number of hydrogen-bond donors (Lipinski definition) is 1. The van der Waals surface area contributed by atoms with Crippen LogP contribution >= 0.6 is 12.2 Å². The fraction of sp³-hybridized carbons (Fsp3) is 0.0714. The zero-order valence-electron chi connectivity index (χ0n) is 9.84. The minimum atomic E-state index is 0.489. The van der Waals surface area contributed by atoms with E-state index in [4.69, 9.17) is 12.2 Å². The largest absolute Gasteiger partial charge is 0.330 e. The van der Waals surface area contributed by atoms with Gasteiger partial charge in [0, 0.05) is 29.5 Å². The summed E-state index contributed by atoms with van der Waals surface area (Å²) in [5, 5.41) is 2.28. The molecule has 1 aromatic carbocycles. The number of aromatic nitrogens is 3. The minimum absolute atomic E-state index is 0.489. The lowest BCUT2D eigenvalue weighted by atomic mass is 10.0. The van der Waals surface area contributed by atoms with Crippen molar-refractivity contribution >= 4 is 23.0 Å². The number of aryl methyl sites for hydroxylation is 1. The molecule has 88 valence electrons. The predicted molar refractivity (Wildman–Crippen MR) is 74.9 cm³/mol. The molecule has 0 aliphatic heterocycles. The van der Waals surface area contributed by atoms with Gasteiger partial charge in [0.1, 0.15) is 0 Å². The molecule has 1 N–H and O–H groups in total. The van der Waals surface area contributed by atoms with Crippen molar-refractivity contribution in [3.63, 3.8) is 0 Å². The van der Waals surface area contributed by atoms with Gasteiger partial charge in [0.25, 0.3) is 0 Å². The predicted octanol–water partition coefficient (Wildman–Crippen LogP) is 3.66. The monoisotopic (exact) mass is 253 g/mol. The van der Waals surface area contributed by atoms with E-state index >= 15 is 0 Å². The molecule has 3 rings (SSSR count). The summed E-state index contributed by atoms with van der Waals surface area (Å²) in [6, 6.07) is 8.17. The second-order valence-corrected chi connectivity index (χ2v) is 4.54. The molecule has 2 heterocycles. The zero-order chi connectivity index (χ0) is 12.5. The van der Waals surface area contributed by atoms with Gasteiger partial charge in [-0.25, -0.2) is 4.98 Å². The molecule has 0 bridgehead atoms. The Bertz CT molecular complexity index is 772. The van der Waals surface area contributed by atoms with Crippen LogP contribution in [0.5, 0.6) is 0 Å². The maximum Gasteiger partial charge on any atom is 0.197 e. The van der Waals surface area contributed by atoms with E-state index in [-0.39, 0.29) is 0 Å². The van der Waals surface area contributed by atoms with Gasteiger partial charge in [0.15, 0.2) is 4.77 Å². The Morgan fingerprint density at radius 1 is 1.11 bits per heavy atom. The highest BCUT2D eigenvalue weighted by atomic mass is 32.1. The van der Waals surface area contributed by atoms with Crippen LogP contribution in [0.4, 0.5) is 0 Å². The van der Waals surface area contributed by atoms with Crippen molar-refractivity contribution in [2.75, 3.05) is 0 Å². The molecule has 0 atom stereocenters. The maximum absolute atomic E-state index is 5.09. The Morgan fingerprint density at radius 3 is 2.83 bits per heavy atom. The van der Waals surface area contributed by atoms with Crippen LogP contribution in [0.3, 0.4) is 0 Å². The highest BCUT2D eigenvalue weighted by Gasteiger charge is 2.07. The van der Waals surface area contributed by atoms with Gasteiger partial charge < -0.3 is 4.98 Å². The summed E-state index contributed by atoms with van der Waals surface area (Å²) in [6.07, 6.45) is 5.51. The number of nitrogens with one attached hydrogen (secondary N) is 1. The molecule has 3 aromatic rings. The molecule has 0 amide bonds. The molecule has 0 fully saturated rings. The number of nitrogens with zero attached hydrogens (tertiary/aromatic N) is 2. The topological polar surface area (TPSA) is 41.6 Å². The third kappa shape index (κ3) is 1.80. The van der Waals surface area contributed by atoms with Gasteiger partial charge in [-0.2, -0.15) is 0 Å². The van der Waals surface area contributed by atoms with Crippen molar-refractivity contribution in [1.29, 1.82) is 0 Å². The average molecular weight is 253 g/mol. The first-order valence-electron chi connectivity index (χ1n) is 5.65. The van der Waals surface area contributed by atoms with Gasteiger partial charge in [-0.05, 0) is 30.1 Å². The molecule has 3 nitrogen and oxygen atoms in total. The number of pyridine rings is 1. The molecule has 4 heteroatoms. The Morgan fingerprint density at radius 2 is 1.94 bits per heavy atom. The summed E-state index contributed by atoms with van der Waals surface area (Å²) < 4.78 is 0.489. The number of rotatable bonds is 1. The van der Waals surface area contributed by atoms with Crippen LogP contribution in [0.15, 0.2) is 42.9 Å². The van der Waals surface area contributed by atoms with E-state index < -0.39 is 0 Å². The van der Waals surface area contributed by atoms with E-state index in [1.165, 1.54) is 0 Å². The second-order valence-electron chi connectivity index (χ2n) is 4.15. The van der Waals surface area contributed by atoms with Crippen molar-refractivity contribution in [1.82, 2.24) is 15.0 Å². The van der Waals surface area contributed by atoms with Crippen LogP contribution in [0.1, 0.15) is 5.56 Å². The van der Waals surface area contributed by atoms with Crippen molar-refractivity contribution in [2.24, 2.45) is 0 Å². The van der Waals surface area contributed by atoms with E-state index in [9.17, 15) is 0 Å². The molecule has 2 aromatic heterocycles. The molecule has 0 saturated carbocycles. The normalized spacial score (nSPS) is 10.7. The minimum Gasteiger partial charge on any atom is -0.330 e. The van der Waals surface area contributed by atoms with Gasteiger partial charge in [0.2, 0.25) is 0 Å². The number of benzene rings is 1. The standard InChI is InChI=1S/C14H11N3S/c1-9-6-16-14(18)17-13(9)12-8-15-7-10-4-2-3-5-11(10)12/h2-8H,1H3,(H,16,17,18). The molecule has 0 aliphatic carbocycles. The Kier molecular flexibility index (Phi) is 2.64. The summed E-state index contributed by atoms with van der Waals surface area (Å²) in [5.74, 6) is 0. The Hall–Kier alpha value is -2.07. The molecule has 0 spiro atoms. The highest BCUT2D eigenvalue weighted by Crippen LogP contribution is 2.27. The van der Waals surface area contributed by atoms with Crippen LogP contribution in [0.25, 0.3) is 22.0 Å². The average Bonchev–Trinajstić information content (AvgIpc) is 2.41. The third-order valence-electron chi connectivity index (χ3n) is 2.94. The van der Waals surface area contributed by atoms with Crippen LogP contribution < -0.4 is 0 Å². The van der Waals surface area contributed by atoms with Crippen molar-refractivity contribution in [3.05, 3.63) is 53.2 Å². The lowest BCUT2D eigenvalue weighted by Crippen LogP contribution is -1.93. The van der Waals surface area contributed by atoms with Crippen LogP contribution in [0.2, 0.25) is 0 Å². The first-order valence-corrected chi connectivity index (χ1v) is 6.05. The molecular formula is C14H11N3S. The summed E-state index contributed by atoms with van der Waals surface area (Å²) in [4.78, 5) is 11.5. The highest BCUT2D eigenvalue weighted by molar-refractivity contribution is 7.71. The lowest BCUT2D eigenvalue weighted by Gasteiger charge is -2.08. The molecule has 0 saturated heterocycles. The fourth-order valence-electron chi connectivity index (χ4n) is 2.05. The number of hydrogen-bond acceptors (Lipinski definition) is 3. The molecular weight excluding hydrogens is 242 g/mol. The molecule has 0 unspecified atom stereocenters. The number of H-pyrrole nitrogens is 1. The van der Waals surface area contributed by atoms with Crippen molar-refractivity contribution in [3.8, 4) is 11.3 Å². The van der Waals surface area contributed by atoms with E-state index in [0.717, 1.165) is 27.6 Å². The van der Waals surface area contributed by atoms with E-state index in [0.29, 0.717) is 4.77 Å². The first kappa shape index (κ1) is 11.0. The fourth-order valence-corrected chi connectivity index (χ4v) is 2.21. The smallest absolute Gasteiger partial charge is 0.197 e. The van der Waals surface area contributed by atoms with Crippen LogP contribution in [-0.2, 0) is 0 Å². The second kappa shape index (κ2) is 4.31. The molecule has 0 aliphatic rings. The summed E-state index contributed by atoms with van der Waals surface area (Å²) in [6.45, 7) is 2.01. The van der Waals surface area contributed by atoms with Gasteiger partial charge in [-0.3, -0.25) is 4.98 Å². The molecule has 0 radical (unpaired) electrons. The summed E-state index contributed by atoms with van der Waals surface area (Å²) >= 11 is 5.09. The van der Waals surface area contributed by atoms with Crippen molar-refractivity contribution in [2.45, 2.75) is 6.92 Å². The summed E-state index contributed by atoms with van der Waals surface area (Å²) in [7, 11) is 0. The lowest BCUT2D eigenvalue weighted by molar-refractivity contribution is 1.10. The van der Waals surface area contributed by atoms with Gasteiger partial charge in [0.05, 0.1) is 5.69 Å². The SMILES string of the molecule is Cc1cnc(=S)[nH]c1-c1cncc2ccccc12. The van der Waals surface area contributed by atoms with E-state index in [1.807, 2.05) is 31.5 Å². The van der Waals surface area contributed by atoms with Crippen molar-refractivity contribution < 1.29 is 0 Å². The summed E-state index contributed by atoms with van der Waals surface area (Å²) in [5.41, 5.74) is 3.10. The quantitative estimate of drug-likeness (QED) is 0.673. The number of aromatic amines is 1. The Balaban J connectivity index is 2.38. The zero-order valence-corrected chi connectivity index (χ0v) is 10.7. The Labute approximate surface area is 110 Å². The van der Waals surface area contributed by atoms with E-state index in [1.54, 1.807) is 6.20 Å². The first-order chi connectivity index (χ1) is 8.75. The third-order valence-corrected chi connectivity index (χ3v) is 3.15. The van der Waals surface area contributed by atoms with E-state index in [2.05, 4.69) is 27.1 Å². The van der Waals surface area contributed by atoms with Gasteiger partial charge >= 0.3 is 0 Å². The molecule has 18 heavy (non-hydrogen) atoms. The maximum atomic E-state index is 5.09. The van der Waals surface area contributed by atoms with Crippen LogP contribution in [0, 0.1) is 11.7 Å². The number of fused-ring (bicyclic) bond motifs is 1. The van der Waals surface area contributed by atoms with Gasteiger partial charge in [-0.1, -0.05) is 24.3 Å².